The third-order valence-corrected chi connectivity index (χ3v) is 4.45. The zero-order valence-electron chi connectivity index (χ0n) is 15.9. The van der Waals surface area contributed by atoms with Crippen LogP contribution in [0.5, 0.6) is 0 Å². The summed E-state index contributed by atoms with van der Waals surface area (Å²) in [7, 11) is 1.79. The highest BCUT2D eigenvalue weighted by Crippen LogP contribution is 2.41. The number of aromatic nitrogens is 1. The first kappa shape index (κ1) is 20.2. The number of rotatable bonds is 7. The van der Waals surface area contributed by atoms with E-state index in [0.29, 0.717) is 28.2 Å². The van der Waals surface area contributed by atoms with Crippen molar-refractivity contribution in [3.63, 3.8) is 0 Å². The van der Waals surface area contributed by atoms with E-state index in [1.807, 2.05) is 19.9 Å². The minimum Gasteiger partial charge on any atom is -0.458 e. The average molecular weight is 368 g/mol. The lowest BCUT2D eigenvalue weighted by Crippen LogP contribution is -2.34. The monoisotopic (exact) mass is 368 g/mol. The molecule has 0 saturated heterocycles. The molecule has 0 atom stereocenters. The lowest BCUT2D eigenvalue weighted by Gasteiger charge is -2.35. The summed E-state index contributed by atoms with van der Waals surface area (Å²) in [5.41, 5.74) is 2.67. The number of ether oxygens (including phenoxy) is 2. The maximum absolute atomic E-state index is 12.8. The van der Waals surface area contributed by atoms with Gasteiger partial charge in [0, 0.05) is 24.6 Å². The summed E-state index contributed by atoms with van der Waals surface area (Å²) in [6.07, 6.45) is 4.62. The van der Waals surface area contributed by atoms with Crippen molar-refractivity contribution in [2.45, 2.75) is 19.8 Å². The largest absolute Gasteiger partial charge is 0.458 e. The zero-order chi connectivity index (χ0) is 20.0. The molecule has 6 heteroatoms. The van der Waals surface area contributed by atoms with Gasteiger partial charge in [-0.05, 0) is 26.0 Å². The average Bonchev–Trinajstić information content (AvgIpc) is 2.68. The molecule has 27 heavy (non-hydrogen) atoms. The molecule has 0 aliphatic carbocycles. The molecule has 0 N–H and O–H groups in total. The fraction of sp³-hybridized carbons (Fsp3) is 0.286. The highest BCUT2D eigenvalue weighted by Gasteiger charge is 2.40. The van der Waals surface area contributed by atoms with Crippen molar-refractivity contribution in [2.75, 3.05) is 20.3 Å². The number of hydrogen-bond acceptors (Lipinski definition) is 6. The third kappa shape index (κ3) is 4.16. The summed E-state index contributed by atoms with van der Waals surface area (Å²) >= 11 is 0. The molecule has 0 bridgehead atoms. The highest BCUT2D eigenvalue weighted by atomic mass is 16.5. The van der Waals surface area contributed by atoms with Crippen molar-refractivity contribution in [1.29, 1.82) is 0 Å². The van der Waals surface area contributed by atoms with Gasteiger partial charge in [0.1, 0.15) is 13.2 Å². The van der Waals surface area contributed by atoms with Gasteiger partial charge in [-0.2, -0.15) is 0 Å². The van der Waals surface area contributed by atoms with Gasteiger partial charge >= 0.3 is 11.9 Å². The Morgan fingerprint density at radius 2 is 1.59 bits per heavy atom. The van der Waals surface area contributed by atoms with Gasteiger partial charge in [0.05, 0.1) is 22.8 Å². The number of nitrogens with zero attached hydrogens (tertiary/aromatic N) is 2. The predicted octanol–water partition coefficient (Wildman–Crippen LogP) is 3.12. The molecule has 1 aliphatic rings. The fourth-order valence-electron chi connectivity index (χ4n) is 2.97. The maximum Gasteiger partial charge on any atom is 0.337 e. The predicted molar refractivity (Wildman–Crippen MR) is 102 cm³/mol. The Morgan fingerprint density at radius 3 is 2.00 bits per heavy atom. The summed E-state index contributed by atoms with van der Waals surface area (Å²) < 4.78 is 10.6. The minimum absolute atomic E-state index is 0.0766. The van der Waals surface area contributed by atoms with Crippen LogP contribution in [-0.4, -0.2) is 42.1 Å². The van der Waals surface area contributed by atoms with Gasteiger partial charge in [0.15, 0.2) is 0 Å². The van der Waals surface area contributed by atoms with Crippen molar-refractivity contribution in [3.8, 4) is 0 Å². The lowest BCUT2D eigenvalue weighted by molar-refractivity contribution is -0.139. The van der Waals surface area contributed by atoms with Gasteiger partial charge in [0.2, 0.25) is 0 Å². The molecule has 2 heterocycles. The van der Waals surface area contributed by atoms with E-state index in [0.717, 1.165) is 0 Å². The molecule has 2 rings (SSSR count). The molecular weight excluding hydrogens is 344 g/mol. The Labute approximate surface area is 159 Å². The van der Waals surface area contributed by atoms with Gasteiger partial charge in [0.25, 0.3) is 0 Å². The SMILES string of the molecule is C=CCOC(=O)C1=C(C)N(C)C(C)=C(C(=O)OCC=C)C1c1ccccn1. The molecule has 0 saturated carbocycles. The number of allylic oxidation sites excluding steroid dienone is 2. The zero-order valence-corrected chi connectivity index (χ0v) is 15.9. The van der Waals surface area contributed by atoms with Gasteiger partial charge in [-0.1, -0.05) is 31.4 Å². The number of esters is 2. The second-order valence-corrected chi connectivity index (χ2v) is 6.02. The molecule has 1 aromatic rings. The van der Waals surface area contributed by atoms with Crippen LogP contribution in [0.4, 0.5) is 0 Å². The summed E-state index contributed by atoms with van der Waals surface area (Å²) in [5.74, 6) is -1.72. The van der Waals surface area contributed by atoms with Crippen LogP contribution in [0.1, 0.15) is 25.5 Å². The van der Waals surface area contributed by atoms with Crippen molar-refractivity contribution < 1.29 is 19.1 Å². The fourth-order valence-corrected chi connectivity index (χ4v) is 2.97. The Hall–Kier alpha value is -3.15. The Morgan fingerprint density at radius 1 is 1.07 bits per heavy atom. The van der Waals surface area contributed by atoms with Crippen molar-refractivity contribution in [2.24, 2.45) is 0 Å². The number of pyridine rings is 1. The first-order valence-electron chi connectivity index (χ1n) is 8.56. The van der Waals surface area contributed by atoms with Crippen LogP contribution in [0.2, 0.25) is 0 Å². The molecule has 1 aliphatic heterocycles. The highest BCUT2D eigenvalue weighted by molar-refractivity contribution is 5.99. The van der Waals surface area contributed by atoms with E-state index >= 15 is 0 Å². The van der Waals surface area contributed by atoms with Crippen LogP contribution in [0.15, 0.2) is 72.2 Å². The number of hydrogen-bond donors (Lipinski definition) is 0. The van der Waals surface area contributed by atoms with Crippen LogP contribution in [0.25, 0.3) is 0 Å². The number of carbonyl (C=O) groups excluding carboxylic acids is 2. The first-order chi connectivity index (χ1) is 12.9. The van der Waals surface area contributed by atoms with E-state index < -0.39 is 17.9 Å². The Bertz CT molecular complexity index is 761. The summed E-state index contributed by atoms with van der Waals surface area (Å²) in [5, 5.41) is 0. The molecule has 142 valence electrons. The minimum atomic E-state index is -0.683. The molecule has 6 nitrogen and oxygen atoms in total. The smallest absolute Gasteiger partial charge is 0.337 e. The van der Waals surface area contributed by atoms with E-state index in [1.54, 1.807) is 30.3 Å². The van der Waals surface area contributed by atoms with Gasteiger partial charge in [-0.15, -0.1) is 0 Å². The summed E-state index contributed by atoms with van der Waals surface area (Å²) in [6, 6.07) is 5.36. The molecular formula is C21H24N2O4. The molecule has 0 unspecified atom stereocenters. The van der Waals surface area contributed by atoms with Crippen molar-refractivity contribution in [1.82, 2.24) is 9.88 Å². The van der Waals surface area contributed by atoms with E-state index in [-0.39, 0.29) is 13.2 Å². The quantitative estimate of drug-likeness (QED) is 0.544. The standard InChI is InChI=1S/C21H24N2O4/c1-6-12-26-20(24)17-14(3)23(5)15(4)18(21(25)27-13-7-2)19(17)16-10-8-9-11-22-16/h6-11,19H,1-2,12-13H2,3-5H3. The Balaban J connectivity index is 2.62. The first-order valence-corrected chi connectivity index (χ1v) is 8.56. The topological polar surface area (TPSA) is 68.7 Å². The molecule has 0 spiro atoms. The molecule has 0 amide bonds. The van der Waals surface area contributed by atoms with Crippen molar-refractivity contribution >= 4 is 11.9 Å². The second-order valence-electron chi connectivity index (χ2n) is 6.02. The molecule has 0 fully saturated rings. The van der Waals surface area contributed by atoms with Crippen molar-refractivity contribution in [3.05, 3.63) is 77.9 Å². The van der Waals surface area contributed by atoms with Crippen LogP contribution in [-0.2, 0) is 19.1 Å². The Kier molecular flexibility index (Phi) is 6.71. The molecule has 1 aromatic heterocycles. The maximum atomic E-state index is 12.8. The third-order valence-electron chi connectivity index (χ3n) is 4.45. The van der Waals surface area contributed by atoms with Crippen LogP contribution >= 0.6 is 0 Å². The van der Waals surface area contributed by atoms with Crippen LogP contribution in [0.3, 0.4) is 0 Å². The van der Waals surface area contributed by atoms with Crippen LogP contribution in [0, 0.1) is 0 Å². The summed E-state index contributed by atoms with van der Waals surface area (Å²) in [6.45, 7) is 10.9. The van der Waals surface area contributed by atoms with E-state index in [9.17, 15) is 9.59 Å². The van der Waals surface area contributed by atoms with Gasteiger partial charge < -0.3 is 14.4 Å². The normalized spacial score (nSPS) is 14.9. The van der Waals surface area contributed by atoms with E-state index in [2.05, 4.69) is 18.1 Å². The van der Waals surface area contributed by atoms with E-state index in [4.69, 9.17) is 9.47 Å². The van der Waals surface area contributed by atoms with E-state index in [1.165, 1.54) is 12.2 Å². The van der Waals surface area contributed by atoms with Gasteiger partial charge in [-0.25, -0.2) is 9.59 Å². The number of carbonyl (C=O) groups is 2. The van der Waals surface area contributed by atoms with Crippen LogP contribution < -0.4 is 0 Å². The molecule has 0 aromatic carbocycles. The lowest BCUT2D eigenvalue weighted by atomic mass is 9.82. The summed E-state index contributed by atoms with van der Waals surface area (Å²) in [4.78, 5) is 31.8. The second kappa shape index (κ2) is 8.98. The van der Waals surface area contributed by atoms with Gasteiger partial charge in [-0.3, -0.25) is 4.98 Å². The molecule has 0 radical (unpaired) electrons.